The molecule has 0 aliphatic rings. The fraction of sp³-hybridized carbons (Fsp3) is 0.286. The number of benzene rings is 3. The first-order chi connectivity index (χ1) is 18.5. The van der Waals surface area contributed by atoms with Gasteiger partial charge in [-0.1, -0.05) is 60.8 Å². The average molecular weight is 595 g/mol. The number of unbranched alkanes of at least 4 members (excludes halogenated alkanes) is 1. The van der Waals surface area contributed by atoms with E-state index < -0.39 is 34.3 Å². The van der Waals surface area contributed by atoms with Gasteiger partial charge >= 0.3 is 0 Å². The van der Waals surface area contributed by atoms with Crippen LogP contribution in [0, 0.1) is 5.82 Å². The number of sulfonamides is 1. The molecule has 0 fully saturated rings. The van der Waals surface area contributed by atoms with E-state index in [9.17, 15) is 22.4 Å². The lowest BCUT2D eigenvalue weighted by Gasteiger charge is -2.32. The highest BCUT2D eigenvalue weighted by atomic mass is 35.5. The van der Waals surface area contributed by atoms with E-state index in [2.05, 4.69) is 5.32 Å². The number of rotatable bonds is 12. The van der Waals surface area contributed by atoms with Crippen LogP contribution < -0.4 is 9.62 Å². The summed E-state index contributed by atoms with van der Waals surface area (Å²) in [4.78, 5) is 28.0. The van der Waals surface area contributed by atoms with Crippen LogP contribution in [0.2, 0.25) is 10.0 Å². The molecule has 208 valence electrons. The van der Waals surface area contributed by atoms with Crippen molar-refractivity contribution in [2.75, 3.05) is 17.4 Å². The van der Waals surface area contributed by atoms with Crippen LogP contribution in [0.4, 0.5) is 10.1 Å². The number of hydrogen-bond donors (Lipinski definition) is 1. The molecule has 0 aliphatic carbocycles. The van der Waals surface area contributed by atoms with E-state index in [4.69, 9.17) is 23.2 Å². The normalized spacial score (nSPS) is 12.0. The minimum absolute atomic E-state index is 0.0271. The van der Waals surface area contributed by atoms with E-state index in [1.165, 1.54) is 29.2 Å². The van der Waals surface area contributed by atoms with Crippen molar-refractivity contribution >= 4 is 50.7 Å². The molecular formula is C28H30Cl2FN3O4S. The Morgan fingerprint density at radius 2 is 1.64 bits per heavy atom. The fourth-order valence-electron chi connectivity index (χ4n) is 3.81. The van der Waals surface area contributed by atoms with Crippen LogP contribution in [0.1, 0.15) is 32.3 Å². The van der Waals surface area contributed by atoms with Crippen molar-refractivity contribution in [2.45, 2.75) is 44.2 Å². The maximum absolute atomic E-state index is 13.8. The number of nitrogens with one attached hydrogen (secondary N) is 1. The Labute approximate surface area is 238 Å². The Morgan fingerprint density at radius 1 is 0.974 bits per heavy atom. The highest BCUT2D eigenvalue weighted by molar-refractivity contribution is 7.92. The summed E-state index contributed by atoms with van der Waals surface area (Å²) in [6, 6.07) is 16.3. The molecule has 0 unspecified atom stereocenters. The molecule has 2 amide bonds. The zero-order valence-electron chi connectivity index (χ0n) is 21.6. The summed E-state index contributed by atoms with van der Waals surface area (Å²) in [5.41, 5.74) is 0.702. The second-order valence-electron chi connectivity index (χ2n) is 8.89. The lowest BCUT2D eigenvalue weighted by Crippen LogP contribution is -2.51. The van der Waals surface area contributed by atoms with Crippen molar-refractivity contribution in [2.24, 2.45) is 0 Å². The molecule has 1 N–H and O–H groups in total. The van der Waals surface area contributed by atoms with Crippen LogP contribution in [0.15, 0.2) is 77.7 Å². The van der Waals surface area contributed by atoms with Gasteiger partial charge in [0.2, 0.25) is 11.8 Å². The highest BCUT2D eigenvalue weighted by Crippen LogP contribution is 2.26. The van der Waals surface area contributed by atoms with Crippen molar-refractivity contribution in [1.29, 1.82) is 0 Å². The summed E-state index contributed by atoms with van der Waals surface area (Å²) in [7, 11) is -4.22. The van der Waals surface area contributed by atoms with Gasteiger partial charge in [-0.25, -0.2) is 12.8 Å². The van der Waals surface area contributed by atoms with Crippen molar-refractivity contribution in [3.8, 4) is 0 Å². The van der Waals surface area contributed by atoms with E-state index in [0.717, 1.165) is 29.3 Å². The second kappa shape index (κ2) is 13.8. The van der Waals surface area contributed by atoms with E-state index in [0.29, 0.717) is 17.1 Å². The zero-order chi connectivity index (χ0) is 28.6. The van der Waals surface area contributed by atoms with Crippen molar-refractivity contribution < 1.29 is 22.4 Å². The number of halogens is 3. The van der Waals surface area contributed by atoms with Crippen LogP contribution >= 0.6 is 23.2 Å². The van der Waals surface area contributed by atoms with Crippen LogP contribution in [0.25, 0.3) is 0 Å². The van der Waals surface area contributed by atoms with Gasteiger partial charge in [0.15, 0.2) is 0 Å². The predicted molar refractivity (Wildman–Crippen MR) is 152 cm³/mol. The quantitative estimate of drug-likeness (QED) is 0.274. The minimum atomic E-state index is -4.22. The molecule has 3 rings (SSSR count). The standard InChI is InChI=1S/C28H30Cl2FN3O4S/c1-3-4-16-32-28(36)20(2)33(18-21-10-15-25(29)26(30)17-21)27(35)19-34(23-13-11-22(31)12-14-23)39(37,38)24-8-6-5-7-9-24/h5-15,17,20H,3-4,16,18-19H2,1-2H3,(H,32,36)/t20-/m0/s1. The van der Waals surface area contributed by atoms with Crippen LogP contribution in [0.3, 0.4) is 0 Å². The Bertz CT molecular complexity index is 1390. The molecule has 0 heterocycles. The highest BCUT2D eigenvalue weighted by Gasteiger charge is 2.32. The van der Waals surface area contributed by atoms with Gasteiger partial charge < -0.3 is 10.2 Å². The number of anilines is 1. The first-order valence-corrected chi connectivity index (χ1v) is 14.6. The maximum atomic E-state index is 13.8. The van der Waals surface area contributed by atoms with E-state index >= 15 is 0 Å². The van der Waals surface area contributed by atoms with Gasteiger partial charge in [-0.05, 0) is 67.4 Å². The van der Waals surface area contributed by atoms with E-state index in [1.807, 2.05) is 6.92 Å². The topological polar surface area (TPSA) is 86.8 Å². The first kappa shape index (κ1) is 30.4. The number of hydrogen-bond acceptors (Lipinski definition) is 4. The molecule has 1 atom stereocenters. The second-order valence-corrected chi connectivity index (χ2v) is 11.6. The van der Waals surface area contributed by atoms with Crippen LogP contribution in [-0.4, -0.2) is 44.3 Å². The van der Waals surface area contributed by atoms with Gasteiger partial charge in [-0.2, -0.15) is 0 Å². The summed E-state index contributed by atoms with van der Waals surface area (Å²) in [5, 5.41) is 3.43. The molecule has 0 saturated carbocycles. The summed E-state index contributed by atoms with van der Waals surface area (Å²) in [6.07, 6.45) is 1.65. The van der Waals surface area contributed by atoms with Gasteiger partial charge in [0.25, 0.3) is 10.0 Å². The molecule has 0 aromatic heterocycles. The molecule has 3 aromatic carbocycles. The predicted octanol–water partition coefficient (Wildman–Crippen LogP) is 5.66. The van der Waals surface area contributed by atoms with Crippen molar-refractivity contribution in [1.82, 2.24) is 10.2 Å². The van der Waals surface area contributed by atoms with E-state index in [1.54, 1.807) is 43.3 Å². The third-order valence-electron chi connectivity index (χ3n) is 6.06. The van der Waals surface area contributed by atoms with Gasteiger partial charge in [-0.15, -0.1) is 0 Å². The summed E-state index contributed by atoms with van der Waals surface area (Å²) in [6.45, 7) is 3.35. The average Bonchev–Trinajstić information content (AvgIpc) is 2.93. The van der Waals surface area contributed by atoms with Gasteiger partial charge in [0.05, 0.1) is 20.6 Å². The van der Waals surface area contributed by atoms with Gasteiger partial charge in [0.1, 0.15) is 18.4 Å². The molecule has 0 saturated heterocycles. The number of amides is 2. The third kappa shape index (κ3) is 7.94. The number of carbonyl (C=O) groups is 2. The summed E-state index contributed by atoms with van der Waals surface area (Å²) < 4.78 is 41.9. The zero-order valence-corrected chi connectivity index (χ0v) is 23.9. The smallest absolute Gasteiger partial charge is 0.264 e. The molecule has 0 bridgehead atoms. The van der Waals surface area contributed by atoms with Crippen LogP contribution in [0.5, 0.6) is 0 Å². The molecule has 0 radical (unpaired) electrons. The summed E-state index contributed by atoms with van der Waals surface area (Å²) in [5.74, 6) is -1.57. The molecule has 0 spiro atoms. The van der Waals surface area contributed by atoms with Gasteiger partial charge in [0, 0.05) is 13.1 Å². The molecule has 3 aromatic rings. The largest absolute Gasteiger partial charge is 0.354 e. The van der Waals surface area contributed by atoms with Gasteiger partial charge in [-0.3, -0.25) is 13.9 Å². The molecule has 39 heavy (non-hydrogen) atoms. The minimum Gasteiger partial charge on any atom is -0.354 e. The SMILES string of the molecule is CCCCNC(=O)[C@H](C)N(Cc1ccc(Cl)c(Cl)c1)C(=O)CN(c1ccc(F)cc1)S(=O)(=O)c1ccccc1. The lowest BCUT2D eigenvalue weighted by atomic mass is 10.1. The maximum Gasteiger partial charge on any atom is 0.264 e. The van der Waals surface area contributed by atoms with Crippen LogP contribution in [-0.2, 0) is 26.2 Å². The molecule has 11 heteroatoms. The van der Waals surface area contributed by atoms with E-state index in [-0.39, 0.29) is 28.1 Å². The molecule has 0 aliphatic heterocycles. The Morgan fingerprint density at radius 3 is 2.26 bits per heavy atom. The van der Waals surface area contributed by atoms with Crippen molar-refractivity contribution in [3.63, 3.8) is 0 Å². The first-order valence-electron chi connectivity index (χ1n) is 12.4. The molecular weight excluding hydrogens is 564 g/mol. The number of nitrogens with zero attached hydrogens (tertiary/aromatic N) is 2. The summed E-state index contributed by atoms with van der Waals surface area (Å²) >= 11 is 12.2. The fourth-order valence-corrected chi connectivity index (χ4v) is 5.57. The Hall–Kier alpha value is -3.14. The Balaban J connectivity index is 1.99. The Kier molecular flexibility index (Phi) is 10.7. The monoisotopic (exact) mass is 593 g/mol. The third-order valence-corrected chi connectivity index (χ3v) is 8.59. The lowest BCUT2D eigenvalue weighted by molar-refractivity contribution is -0.139. The molecule has 7 nitrogen and oxygen atoms in total. The number of carbonyl (C=O) groups excluding carboxylic acids is 2. The van der Waals surface area contributed by atoms with Crippen molar-refractivity contribution in [3.05, 3.63) is 94.2 Å².